The highest BCUT2D eigenvalue weighted by atomic mass is 79.9. The average molecular weight is 348 g/mol. The largest absolute Gasteiger partial charge is 0.368 e. The summed E-state index contributed by atoms with van der Waals surface area (Å²) in [6, 6.07) is 8.39. The molecule has 1 aromatic rings. The Balaban J connectivity index is 2.13. The van der Waals surface area contributed by atoms with Crippen LogP contribution in [-0.2, 0) is 13.6 Å². The molecule has 0 spiro atoms. The third-order valence-corrected chi connectivity index (χ3v) is 6.45. The fraction of sp³-hybridized carbons (Fsp3) is 0.538. The first-order chi connectivity index (χ1) is 9.05. The fourth-order valence-electron chi connectivity index (χ4n) is 2.43. The van der Waals surface area contributed by atoms with Crippen LogP contribution in [-0.4, -0.2) is 32.5 Å². The van der Waals surface area contributed by atoms with E-state index < -0.39 is 7.60 Å². The van der Waals surface area contributed by atoms with Crippen LogP contribution in [0.15, 0.2) is 28.7 Å². The Kier molecular flexibility index (Phi) is 4.72. The summed E-state index contributed by atoms with van der Waals surface area (Å²) in [5.41, 5.74) is 1.11. The lowest BCUT2D eigenvalue weighted by Gasteiger charge is -2.25. The molecule has 0 aliphatic heterocycles. The normalized spacial score (nSPS) is 22.3. The molecule has 0 amide bonds. The summed E-state index contributed by atoms with van der Waals surface area (Å²) in [6.07, 6.45) is 0.850. The fourth-order valence-corrected chi connectivity index (χ4v) is 4.44. The van der Waals surface area contributed by atoms with Crippen molar-refractivity contribution in [1.82, 2.24) is 0 Å². The molecule has 0 heterocycles. The highest BCUT2D eigenvalue weighted by Gasteiger charge is 2.54. The van der Waals surface area contributed by atoms with Gasteiger partial charge in [-0.3, -0.25) is 4.57 Å². The van der Waals surface area contributed by atoms with Crippen LogP contribution in [0.2, 0.25) is 0 Å². The van der Waals surface area contributed by atoms with Crippen molar-refractivity contribution in [2.75, 3.05) is 25.7 Å². The standard InChI is InChI=1S/C13H19BrNO3P/c1-4-15(11-7-5-10(14)6-8-11)12-9-13(12)19(16,17-2)18-3/h5-8,12-13H,4,9H2,1-3H3/t12-,13-/m1/s1. The van der Waals surface area contributed by atoms with Gasteiger partial charge in [0, 0.05) is 37.0 Å². The molecule has 1 fully saturated rings. The first-order valence-corrected chi connectivity index (χ1v) is 8.69. The summed E-state index contributed by atoms with van der Waals surface area (Å²) in [5.74, 6) is 0. The molecule has 1 aliphatic rings. The van der Waals surface area contributed by atoms with E-state index in [1.165, 1.54) is 14.2 Å². The zero-order chi connectivity index (χ0) is 14.0. The first-order valence-electron chi connectivity index (χ1n) is 6.29. The SMILES string of the molecule is CCN(c1ccc(Br)cc1)[C@@H]1C[C@H]1P(=O)(OC)OC. The van der Waals surface area contributed by atoms with Gasteiger partial charge in [0.2, 0.25) is 0 Å². The van der Waals surface area contributed by atoms with E-state index in [1.807, 2.05) is 12.1 Å². The molecule has 0 bridgehead atoms. The molecule has 1 saturated carbocycles. The van der Waals surface area contributed by atoms with Crippen LogP contribution in [0.3, 0.4) is 0 Å². The maximum absolute atomic E-state index is 12.4. The average Bonchev–Trinajstić information content (AvgIpc) is 3.22. The number of anilines is 1. The second-order valence-electron chi connectivity index (χ2n) is 4.54. The van der Waals surface area contributed by atoms with Gasteiger partial charge < -0.3 is 13.9 Å². The summed E-state index contributed by atoms with van der Waals surface area (Å²) in [6.45, 7) is 2.97. The van der Waals surface area contributed by atoms with Crippen molar-refractivity contribution >= 4 is 29.2 Å². The minimum absolute atomic E-state index is 0.0221. The van der Waals surface area contributed by atoms with Gasteiger partial charge in [0.1, 0.15) is 0 Å². The highest BCUT2D eigenvalue weighted by molar-refractivity contribution is 9.10. The van der Waals surface area contributed by atoms with E-state index in [1.54, 1.807) is 0 Å². The Morgan fingerprint density at radius 3 is 2.37 bits per heavy atom. The Labute approximate surface area is 122 Å². The van der Waals surface area contributed by atoms with Gasteiger partial charge in [0.05, 0.1) is 5.66 Å². The molecule has 0 saturated heterocycles. The molecule has 0 radical (unpaired) electrons. The first kappa shape index (κ1) is 15.0. The topological polar surface area (TPSA) is 38.8 Å². The van der Waals surface area contributed by atoms with Gasteiger partial charge in [0.25, 0.3) is 0 Å². The Hall–Kier alpha value is -0.350. The third-order valence-electron chi connectivity index (χ3n) is 3.54. The van der Waals surface area contributed by atoms with Crippen molar-refractivity contribution in [2.24, 2.45) is 0 Å². The molecule has 0 unspecified atom stereocenters. The predicted octanol–water partition coefficient (Wildman–Crippen LogP) is 3.90. The highest BCUT2D eigenvalue weighted by Crippen LogP contribution is 2.63. The molecule has 0 N–H and O–H groups in total. The van der Waals surface area contributed by atoms with Gasteiger partial charge in [-0.15, -0.1) is 0 Å². The summed E-state index contributed by atoms with van der Waals surface area (Å²) in [4.78, 5) is 2.25. The summed E-state index contributed by atoms with van der Waals surface area (Å²) < 4.78 is 23.6. The van der Waals surface area contributed by atoms with Crippen LogP contribution in [0.4, 0.5) is 5.69 Å². The van der Waals surface area contributed by atoms with E-state index in [9.17, 15) is 4.57 Å². The molecule has 106 valence electrons. The Morgan fingerprint density at radius 1 is 1.32 bits per heavy atom. The van der Waals surface area contributed by atoms with Crippen LogP contribution in [0.5, 0.6) is 0 Å². The molecule has 0 aromatic heterocycles. The maximum atomic E-state index is 12.4. The van der Waals surface area contributed by atoms with Crippen molar-refractivity contribution < 1.29 is 13.6 Å². The predicted molar refractivity (Wildman–Crippen MR) is 81.0 cm³/mol. The van der Waals surface area contributed by atoms with Crippen LogP contribution in [0.25, 0.3) is 0 Å². The lowest BCUT2D eigenvalue weighted by molar-refractivity contribution is 0.274. The Morgan fingerprint density at radius 2 is 1.89 bits per heavy atom. The molecule has 1 aliphatic carbocycles. The van der Waals surface area contributed by atoms with E-state index in [2.05, 4.69) is 39.9 Å². The zero-order valence-corrected chi connectivity index (χ0v) is 13.9. The number of rotatable bonds is 6. The number of hydrogen-bond acceptors (Lipinski definition) is 4. The molecule has 19 heavy (non-hydrogen) atoms. The minimum Gasteiger partial charge on any atom is -0.368 e. The van der Waals surface area contributed by atoms with E-state index in [0.717, 1.165) is 23.1 Å². The molecular formula is C13H19BrNO3P. The van der Waals surface area contributed by atoms with E-state index in [4.69, 9.17) is 9.05 Å². The number of benzene rings is 1. The minimum atomic E-state index is -2.95. The second kappa shape index (κ2) is 5.96. The van der Waals surface area contributed by atoms with Crippen molar-refractivity contribution in [3.63, 3.8) is 0 Å². The molecule has 6 heteroatoms. The number of hydrogen-bond donors (Lipinski definition) is 0. The molecular weight excluding hydrogens is 329 g/mol. The van der Waals surface area contributed by atoms with Crippen molar-refractivity contribution in [1.29, 1.82) is 0 Å². The maximum Gasteiger partial charge on any atom is 0.335 e. The molecule has 1 aromatic carbocycles. The van der Waals surface area contributed by atoms with Gasteiger partial charge in [-0.1, -0.05) is 15.9 Å². The van der Waals surface area contributed by atoms with Crippen molar-refractivity contribution in [2.45, 2.75) is 25.0 Å². The lowest BCUT2D eigenvalue weighted by atomic mass is 10.3. The van der Waals surface area contributed by atoms with Crippen LogP contribution in [0, 0.1) is 0 Å². The van der Waals surface area contributed by atoms with Gasteiger partial charge in [-0.25, -0.2) is 0 Å². The number of halogens is 1. The monoisotopic (exact) mass is 347 g/mol. The molecule has 4 nitrogen and oxygen atoms in total. The van der Waals surface area contributed by atoms with Crippen LogP contribution >= 0.6 is 23.5 Å². The summed E-state index contributed by atoms with van der Waals surface area (Å²) in [5, 5.41) is 0. The van der Waals surface area contributed by atoms with Crippen LogP contribution < -0.4 is 4.90 Å². The van der Waals surface area contributed by atoms with Gasteiger partial charge in [-0.05, 0) is 37.6 Å². The van der Waals surface area contributed by atoms with Gasteiger partial charge in [0.15, 0.2) is 0 Å². The lowest BCUT2D eigenvalue weighted by Crippen LogP contribution is -2.27. The van der Waals surface area contributed by atoms with Crippen LogP contribution in [0.1, 0.15) is 13.3 Å². The second-order valence-corrected chi connectivity index (χ2v) is 7.93. The van der Waals surface area contributed by atoms with Crippen molar-refractivity contribution in [3.8, 4) is 0 Å². The molecule has 2 rings (SSSR count). The molecule has 2 atom stereocenters. The number of nitrogens with zero attached hydrogens (tertiary/aromatic N) is 1. The summed E-state index contributed by atoms with van der Waals surface area (Å²) >= 11 is 3.43. The Bertz CT molecular complexity index is 471. The van der Waals surface area contributed by atoms with Gasteiger partial charge >= 0.3 is 7.60 Å². The third kappa shape index (κ3) is 3.05. The summed E-state index contributed by atoms with van der Waals surface area (Å²) in [7, 11) is -0.0382. The zero-order valence-electron chi connectivity index (χ0n) is 11.4. The quantitative estimate of drug-likeness (QED) is 0.731. The van der Waals surface area contributed by atoms with Gasteiger partial charge in [-0.2, -0.15) is 0 Å². The van der Waals surface area contributed by atoms with E-state index >= 15 is 0 Å². The van der Waals surface area contributed by atoms with Crippen molar-refractivity contribution in [3.05, 3.63) is 28.7 Å². The smallest absolute Gasteiger partial charge is 0.335 e. The van der Waals surface area contributed by atoms with E-state index in [-0.39, 0.29) is 11.7 Å². The van der Waals surface area contributed by atoms with E-state index in [0.29, 0.717) is 0 Å².